The molecule has 0 heterocycles. The van der Waals surface area contributed by atoms with Crippen LogP contribution in [0.3, 0.4) is 0 Å². The summed E-state index contributed by atoms with van der Waals surface area (Å²) < 4.78 is 0. The van der Waals surface area contributed by atoms with E-state index in [1.54, 1.807) is 26.0 Å². The van der Waals surface area contributed by atoms with Gasteiger partial charge in [-0.05, 0) is 55.4 Å². The van der Waals surface area contributed by atoms with Crippen LogP contribution >= 0.6 is 0 Å². The molecule has 41 heavy (non-hydrogen) atoms. The molecule has 0 saturated heterocycles. The van der Waals surface area contributed by atoms with E-state index in [1.165, 1.54) is 13.0 Å². The highest BCUT2D eigenvalue weighted by atomic mass is 16.3. The van der Waals surface area contributed by atoms with Gasteiger partial charge in [0.15, 0.2) is 23.0 Å². The summed E-state index contributed by atoms with van der Waals surface area (Å²) in [4.78, 5) is 56.0. The fourth-order valence-electron chi connectivity index (χ4n) is 8.52. The van der Waals surface area contributed by atoms with Gasteiger partial charge in [-0.1, -0.05) is 93.8 Å². The van der Waals surface area contributed by atoms with Crippen LogP contribution in [0.25, 0.3) is 11.6 Å². The van der Waals surface area contributed by atoms with Gasteiger partial charge in [-0.3, -0.25) is 19.2 Å². The number of aromatic hydroxyl groups is 1. The summed E-state index contributed by atoms with van der Waals surface area (Å²) in [5.74, 6) is -6.64. The standard InChI is InChI=1S/C35H38O6/c1-17(2)28-19(4)26(20(5)36)31(39)35(41)32(40)29-30(38)27-23(10-9-11-25(27)37)24(16-22-14-12-18(3)13-15-22)33(29,7)21(6)34(28,35)8/h9-17,21,26,29,37,41H,1-8H3/t21-,26?,29?,33+,34-,35+/m0/s1. The summed E-state index contributed by atoms with van der Waals surface area (Å²) in [5, 5.41) is 23.4. The quantitative estimate of drug-likeness (QED) is 0.368. The number of allylic oxidation sites excluding steroid dienone is 2. The zero-order valence-electron chi connectivity index (χ0n) is 25.0. The second-order valence-corrected chi connectivity index (χ2v) is 12.9. The van der Waals surface area contributed by atoms with Crippen molar-refractivity contribution in [3.05, 3.63) is 75.9 Å². The molecule has 0 radical (unpaired) electrons. The maximum Gasteiger partial charge on any atom is 0.192 e. The number of aryl methyl sites for hydroxylation is 1. The second kappa shape index (κ2) is 9.18. The Balaban J connectivity index is 1.92. The molecule has 1 fully saturated rings. The molecule has 0 bridgehead atoms. The van der Waals surface area contributed by atoms with E-state index in [-0.39, 0.29) is 17.2 Å². The van der Waals surface area contributed by atoms with E-state index in [0.29, 0.717) is 22.3 Å². The number of fused-ring (bicyclic) bond motifs is 3. The first kappa shape index (κ1) is 28.9. The van der Waals surface area contributed by atoms with Gasteiger partial charge in [0, 0.05) is 10.8 Å². The molecule has 1 saturated carbocycles. The smallest absolute Gasteiger partial charge is 0.192 e. The van der Waals surface area contributed by atoms with E-state index >= 15 is 0 Å². The van der Waals surface area contributed by atoms with E-state index in [4.69, 9.17) is 0 Å². The summed E-state index contributed by atoms with van der Waals surface area (Å²) >= 11 is 0. The lowest BCUT2D eigenvalue weighted by molar-refractivity contribution is -0.189. The fourth-order valence-corrected chi connectivity index (χ4v) is 8.52. The predicted molar refractivity (Wildman–Crippen MR) is 157 cm³/mol. The summed E-state index contributed by atoms with van der Waals surface area (Å²) in [6.07, 6.45) is 1.95. The number of phenols is 1. The average molecular weight is 555 g/mol. The highest BCUT2D eigenvalue weighted by Gasteiger charge is 2.76. The van der Waals surface area contributed by atoms with E-state index in [1.807, 2.05) is 65.0 Å². The van der Waals surface area contributed by atoms with Gasteiger partial charge >= 0.3 is 0 Å². The van der Waals surface area contributed by atoms with Gasteiger partial charge in [0.2, 0.25) is 0 Å². The minimum Gasteiger partial charge on any atom is -0.507 e. The summed E-state index contributed by atoms with van der Waals surface area (Å²) in [7, 11) is 0. The molecule has 6 atom stereocenters. The number of benzene rings is 2. The van der Waals surface area contributed by atoms with Gasteiger partial charge in [-0.2, -0.15) is 0 Å². The molecule has 214 valence electrons. The van der Waals surface area contributed by atoms with E-state index < -0.39 is 57.3 Å². The first-order chi connectivity index (χ1) is 19.1. The normalized spacial score (nSPS) is 34.0. The second-order valence-electron chi connectivity index (χ2n) is 12.9. The van der Waals surface area contributed by atoms with Crippen LogP contribution < -0.4 is 0 Å². The van der Waals surface area contributed by atoms with E-state index in [0.717, 1.165) is 11.1 Å². The van der Waals surface area contributed by atoms with Crippen molar-refractivity contribution in [2.75, 3.05) is 0 Å². The molecule has 6 heteroatoms. The third-order valence-corrected chi connectivity index (χ3v) is 10.6. The first-order valence-electron chi connectivity index (χ1n) is 14.2. The maximum atomic E-state index is 14.8. The highest BCUT2D eigenvalue weighted by Crippen LogP contribution is 2.69. The number of carbonyl (C=O) groups excluding carboxylic acids is 4. The van der Waals surface area contributed by atoms with Crippen molar-refractivity contribution in [3.63, 3.8) is 0 Å². The number of carbonyl (C=O) groups is 4. The van der Waals surface area contributed by atoms with Crippen molar-refractivity contribution in [1.29, 1.82) is 0 Å². The molecule has 0 aromatic heterocycles. The molecule has 3 aliphatic carbocycles. The monoisotopic (exact) mass is 554 g/mol. The molecule has 3 aliphatic rings. The molecule has 2 unspecified atom stereocenters. The Bertz CT molecular complexity index is 1590. The first-order valence-corrected chi connectivity index (χ1v) is 14.2. The van der Waals surface area contributed by atoms with Crippen LogP contribution in [0, 0.1) is 41.4 Å². The van der Waals surface area contributed by atoms with Crippen molar-refractivity contribution in [2.45, 2.75) is 61.0 Å². The summed E-state index contributed by atoms with van der Waals surface area (Å²) in [5.41, 5.74) is -0.757. The van der Waals surface area contributed by atoms with Gasteiger partial charge in [0.05, 0.1) is 11.5 Å². The van der Waals surface area contributed by atoms with Crippen LogP contribution in [-0.4, -0.2) is 38.9 Å². The molecular formula is C35H38O6. The maximum absolute atomic E-state index is 14.8. The SMILES string of the molecule is CC(=O)C1C(=O)[C@@]2(O)C(=O)C3C(=O)c4c(O)cccc4C(=Cc4ccc(C)cc4)[C@@]3(C)[C@H](C)[C@@]2(C)C(C(C)C)=C1C. The van der Waals surface area contributed by atoms with Gasteiger partial charge in [-0.15, -0.1) is 0 Å². The van der Waals surface area contributed by atoms with Gasteiger partial charge in [0.25, 0.3) is 0 Å². The third-order valence-electron chi connectivity index (χ3n) is 10.6. The number of ketones is 4. The van der Waals surface area contributed by atoms with E-state index in [2.05, 4.69) is 0 Å². The zero-order chi connectivity index (χ0) is 30.4. The van der Waals surface area contributed by atoms with Crippen molar-refractivity contribution >= 4 is 34.8 Å². The minimum absolute atomic E-state index is 0.00303. The Morgan fingerprint density at radius 1 is 0.976 bits per heavy atom. The number of hydrogen-bond donors (Lipinski definition) is 2. The van der Waals surface area contributed by atoms with Crippen molar-refractivity contribution < 1.29 is 29.4 Å². The number of hydrogen-bond acceptors (Lipinski definition) is 6. The van der Waals surface area contributed by atoms with Crippen LogP contribution in [0.15, 0.2) is 53.6 Å². The third kappa shape index (κ3) is 3.46. The summed E-state index contributed by atoms with van der Waals surface area (Å²) in [6.45, 7) is 14.4. The Morgan fingerprint density at radius 3 is 2.15 bits per heavy atom. The number of phenolic OH excluding ortho intramolecular Hbond substituents is 1. The van der Waals surface area contributed by atoms with Gasteiger partial charge in [-0.25, -0.2) is 0 Å². The molecular weight excluding hydrogens is 516 g/mol. The number of rotatable bonds is 3. The fraction of sp³-hybridized carbons (Fsp3) is 0.429. The van der Waals surface area contributed by atoms with Crippen molar-refractivity contribution in [2.24, 2.45) is 34.5 Å². The van der Waals surface area contributed by atoms with Gasteiger partial charge in [0.1, 0.15) is 17.5 Å². The molecule has 0 spiro atoms. The Hall–Kier alpha value is -3.64. The zero-order valence-corrected chi connectivity index (χ0v) is 25.0. The predicted octanol–water partition coefficient (Wildman–Crippen LogP) is 5.78. The van der Waals surface area contributed by atoms with Crippen LogP contribution in [0.4, 0.5) is 0 Å². The Labute approximate surface area is 241 Å². The van der Waals surface area contributed by atoms with Crippen LogP contribution in [-0.2, 0) is 14.4 Å². The number of aliphatic hydroxyl groups is 1. The molecule has 2 aromatic carbocycles. The molecule has 0 amide bonds. The molecule has 2 N–H and O–H groups in total. The van der Waals surface area contributed by atoms with E-state index in [9.17, 15) is 29.4 Å². The topological polar surface area (TPSA) is 109 Å². The number of Topliss-reactive ketones (excluding diaryl/α,β-unsaturated/α-hetero) is 4. The molecule has 2 aromatic rings. The molecule has 5 rings (SSSR count). The Morgan fingerprint density at radius 2 is 1.59 bits per heavy atom. The molecule has 6 nitrogen and oxygen atoms in total. The Kier molecular flexibility index (Phi) is 6.47. The summed E-state index contributed by atoms with van der Waals surface area (Å²) in [6, 6.07) is 12.7. The van der Waals surface area contributed by atoms with Crippen molar-refractivity contribution in [3.8, 4) is 5.75 Å². The average Bonchev–Trinajstić information content (AvgIpc) is 2.89. The van der Waals surface area contributed by atoms with Crippen LogP contribution in [0.5, 0.6) is 5.75 Å². The largest absolute Gasteiger partial charge is 0.507 e. The lowest BCUT2D eigenvalue weighted by Gasteiger charge is -2.64. The highest BCUT2D eigenvalue weighted by molar-refractivity contribution is 6.29. The van der Waals surface area contributed by atoms with Crippen molar-refractivity contribution in [1.82, 2.24) is 0 Å². The minimum atomic E-state index is -2.60. The lowest BCUT2D eigenvalue weighted by atomic mass is 9.37. The van der Waals surface area contributed by atoms with Gasteiger partial charge < -0.3 is 10.2 Å². The molecule has 0 aliphatic heterocycles. The lowest BCUT2D eigenvalue weighted by Crippen LogP contribution is -2.75. The van der Waals surface area contributed by atoms with Crippen LogP contribution in [0.2, 0.25) is 0 Å². The van der Waals surface area contributed by atoms with Crippen LogP contribution in [0.1, 0.15) is 75.5 Å².